The highest BCUT2D eigenvalue weighted by Gasteiger charge is 2.21. The number of thioether (sulfide) groups is 1. The van der Waals surface area contributed by atoms with Gasteiger partial charge in [-0.25, -0.2) is 4.68 Å². The number of nitrogens with one attached hydrogen (secondary N) is 1. The van der Waals surface area contributed by atoms with Crippen molar-refractivity contribution in [2.45, 2.75) is 24.3 Å². The molecule has 0 saturated heterocycles. The predicted molar refractivity (Wildman–Crippen MR) is 111 cm³/mol. The first kappa shape index (κ1) is 19.9. The lowest BCUT2D eigenvalue weighted by molar-refractivity contribution is -0.115. The lowest BCUT2D eigenvalue weighted by atomic mass is 10.1. The second kappa shape index (κ2) is 8.45. The summed E-state index contributed by atoms with van der Waals surface area (Å²) in [5.74, 6) is 6.27. The first-order valence-corrected chi connectivity index (χ1v) is 9.66. The Hall–Kier alpha value is -2.84. The smallest absolute Gasteiger partial charge is 0.237 e. The number of rotatable bonds is 6. The molecule has 3 N–H and O–H groups in total. The van der Waals surface area contributed by atoms with Crippen LogP contribution < -0.4 is 11.2 Å². The molecule has 0 unspecified atom stereocenters. The maximum atomic E-state index is 12.5. The number of Topliss-reactive ketones (excluding diaryl/α,β-unsaturated/α-hetero) is 1. The third-order valence-corrected chi connectivity index (χ3v) is 5.38. The number of benzene rings is 2. The summed E-state index contributed by atoms with van der Waals surface area (Å²) in [6.07, 6.45) is 0. The van der Waals surface area contributed by atoms with E-state index < -0.39 is 5.25 Å². The van der Waals surface area contributed by atoms with Crippen LogP contribution in [-0.2, 0) is 4.79 Å². The van der Waals surface area contributed by atoms with Crippen molar-refractivity contribution in [3.8, 4) is 11.4 Å². The zero-order chi connectivity index (χ0) is 20.3. The Kier molecular flexibility index (Phi) is 6.01. The van der Waals surface area contributed by atoms with E-state index in [0.29, 0.717) is 32.8 Å². The van der Waals surface area contributed by atoms with Crippen molar-refractivity contribution in [2.75, 3.05) is 11.2 Å². The molecule has 1 atom stereocenters. The minimum Gasteiger partial charge on any atom is -0.335 e. The van der Waals surface area contributed by atoms with Gasteiger partial charge in [-0.2, -0.15) is 0 Å². The zero-order valence-electron chi connectivity index (χ0n) is 15.2. The molecular weight excluding hydrogens is 398 g/mol. The van der Waals surface area contributed by atoms with Crippen LogP contribution in [0.25, 0.3) is 11.4 Å². The molecule has 0 radical (unpaired) electrons. The van der Waals surface area contributed by atoms with Crippen molar-refractivity contribution in [2.24, 2.45) is 0 Å². The lowest BCUT2D eigenvalue weighted by Crippen LogP contribution is -2.23. The molecule has 3 rings (SSSR count). The van der Waals surface area contributed by atoms with Gasteiger partial charge < -0.3 is 11.2 Å². The van der Waals surface area contributed by atoms with E-state index >= 15 is 0 Å². The SMILES string of the molecule is CC(=O)c1ccc(NC(=O)[C@@H](C)Sc2nnc(-c3ccccc3Cl)n2N)cc1. The highest BCUT2D eigenvalue weighted by atomic mass is 35.5. The topological polar surface area (TPSA) is 103 Å². The summed E-state index contributed by atoms with van der Waals surface area (Å²) in [6.45, 7) is 3.24. The van der Waals surface area contributed by atoms with Crippen molar-refractivity contribution in [1.82, 2.24) is 14.9 Å². The number of aromatic nitrogens is 3. The molecule has 0 saturated carbocycles. The van der Waals surface area contributed by atoms with Gasteiger partial charge in [0.05, 0.1) is 10.3 Å². The third-order valence-electron chi connectivity index (χ3n) is 3.99. The van der Waals surface area contributed by atoms with Gasteiger partial charge in [0.25, 0.3) is 0 Å². The van der Waals surface area contributed by atoms with Crippen LogP contribution in [-0.4, -0.2) is 31.8 Å². The number of hydrogen-bond donors (Lipinski definition) is 2. The van der Waals surface area contributed by atoms with Crippen LogP contribution in [0.2, 0.25) is 5.02 Å². The van der Waals surface area contributed by atoms with Crippen LogP contribution in [0.15, 0.2) is 53.7 Å². The number of carbonyl (C=O) groups is 2. The van der Waals surface area contributed by atoms with Crippen LogP contribution in [0.3, 0.4) is 0 Å². The molecule has 9 heteroatoms. The van der Waals surface area contributed by atoms with Gasteiger partial charge in [-0.15, -0.1) is 10.2 Å². The summed E-state index contributed by atoms with van der Waals surface area (Å²) < 4.78 is 1.32. The highest BCUT2D eigenvalue weighted by Crippen LogP contribution is 2.29. The Balaban J connectivity index is 1.69. The van der Waals surface area contributed by atoms with Crippen molar-refractivity contribution >= 4 is 40.7 Å². The molecule has 3 aromatic rings. The first-order chi connectivity index (χ1) is 13.4. The molecule has 0 aliphatic heterocycles. The third kappa shape index (κ3) is 4.35. The summed E-state index contributed by atoms with van der Waals surface area (Å²) in [7, 11) is 0. The Morgan fingerprint density at radius 1 is 1.14 bits per heavy atom. The van der Waals surface area contributed by atoms with Crippen molar-refractivity contribution in [3.05, 3.63) is 59.1 Å². The fraction of sp³-hybridized carbons (Fsp3) is 0.158. The van der Waals surface area contributed by atoms with Crippen LogP contribution in [0.4, 0.5) is 5.69 Å². The number of anilines is 1. The molecule has 1 aromatic heterocycles. The number of nitrogen functional groups attached to an aromatic ring is 1. The number of halogens is 1. The Morgan fingerprint density at radius 3 is 2.46 bits per heavy atom. The van der Waals surface area contributed by atoms with E-state index in [1.54, 1.807) is 43.3 Å². The minimum atomic E-state index is -0.474. The largest absolute Gasteiger partial charge is 0.335 e. The number of ketones is 1. The van der Waals surface area contributed by atoms with Gasteiger partial charge in [-0.05, 0) is 50.2 Å². The number of nitrogens with two attached hydrogens (primary N) is 1. The molecule has 28 heavy (non-hydrogen) atoms. The average molecular weight is 416 g/mol. The fourth-order valence-electron chi connectivity index (χ4n) is 2.43. The normalized spacial score (nSPS) is 11.8. The van der Waals surface area contributed by atoms with E-state index in [4.69, 9.17) is 17.4 Å². The van der Waals surface area contributed by atoms with E-state index in [-0.39, 0.29) is 11.7 Å². The Labute approximate surface area is 171 Å². The second-order valence-electron chi connectivity index (χ2n) is 6.04. The van der Waals surface area contributed by atoms with Gasteiger partial charge in [-0.1, -0.05) is 35.5 Å². The van der Waals surface area contributed by atoms with Crippen LogP contribution in [0, 0.1) is 0 Å². The number of carbonyl (C=O) groups excluding carboxylic acids is 2. The van der Waals surface area contributed by atoms with E-state index in [9.17, 15) is 9.59 Å². The van der Waals surface area contributed by atoms with Crippen LogP contribution in [0.5, 0.6) is 0 Å². The van der Waals surface area contributed by atoms with Gasteiger partial charge in [-0.3, -0.25) is 9.59 Å². The number of nitrogens with zero attached hydrogens (tertiary/aromatic N) is 3. The molecule has 0 aliphatic carbocycles. The standard InChI is InChI=1S/C19H18ClN5O2S/c1-11(26)13-7-9-14(10-8-13)22-18(27)12(2)28-19-24-23-17(25(19)21)15-5-3-4-6-16(15)20/h3-10,12H,21H2,1-2H3,(H,22,27)/t12-/m1/s1. The van der Waals surface area contributed by atoms with Gasteiger partial charge in [0.2, 0.25) is 11.1 Å². The van der Waals surface area contributed by atoms with Gasteiger partial charge >= 0.3 is 0 Å². The Morgan fingerprint density at radius 2 is 1.82 bits per heavy atom. The molecule has 1 amide bonds. The van der Waals surface area contributed by atoms with Gasteiger partial charge in [0, 0.05) is 16.8 Å². The molecule has 1 heterocycles. The molecule has 0 aliphatic rings. The maximum Gasteiger partial charge on any atom is 0.237 e. The van der Waals surface area contributed by atoms with Crippen LogP contribution in [0.1, 0.15) is 24.2 Å². The summed E-state index contributed by atoms with van der Waals surface area (Å²) >= 11 is 7.37. The summed E-state index contributed by atoms with van der Waals surface area (Å²) in [5, 5.41) is 11.4. The molecule has 2 aromatic carbocycles. The molecule has 144 valence electrons. The van der Waals surface area contributed by atoms with E-state index in [0.717, 1.165) is 0 Å². The number of amides is 1. The highest BCUT2D eigenvalue weighted by molar-refractivity contribution is 8.00. The molecule has 0 fully saturated rings. The maximum absolute atomic E-state index is 12.5. The summed E-state index contributed by atoms with van der Waals surface area (Å²) in [5.41, 5.74) is 1.85. The quantitative estimate of drug-likeness (QED) is 0.362. The van der Waals surface area contributed by atoms with Gasteiger partial charge in [0.1, 0.15) is 0 Å². The average Bonchev–Trinajstić information content (AvgIpc) is 3.03. The summed E-state index contributed by atoms with van der Waals surface area (Å²) in [4.78, 5) is 23.8. The molecule has 0 bridgehead atoms. The first-order valence-electron chi connectivity index (χ1n) is 8.40. The van der Waals surface area contributed by atoms with E-state index in [2.05, 4.69) is 15.5 Å². The fourth-order valence-corrected chi connectivity index (χ4v) is 3.42. The predicted octanol–water partition coefficient (Wildman–Crippen LogP) is 3.63. The van der Waals surface area contributed by atoms with Crippen LogP contribution >= 0.6 is 23.4 Å². The van der Waals surface area contributed by atoms with Crippen molar-refractivity contribution < 1.29 is 9.59 Å². The van der Waals surface area contributed by atoms with E-state index in [1.165, 1.54) is 23.4 Å². The zero-order valence-corrected chi connectivity index (χ0v) is 16.8. The van der Waals surface area contributed by atoms with E-state index in [1.807, 2.05) is 12.1 Å². The minimum absolute atomic E-state index is 0.0293. The van der Waals surface area contributed by atoms with Crippen molar-refractivity contribution in [1.29, 1.82) is 0 Å². The molecule has 0 spiro atoms. The monoisotopic (exact) mass is 415 g/mol. The summed E-state index contributed by atoms with van der Waals surface area (Å²) in [6, 6.07) is 13.9. The Bertz CT molecular complexity index is 1020. The lowest BCUT2D eigenvalue weighted by Gasteiger charge is -2.12. The molecule has 7 nitrogen and oxygen atoms in total. The second-order valence-corrected chi connectivity index (χ2v) is 7.75. The van der Waals surface area contributed by atoms with Gasteiger partial charge in [0.15, 0.2) is 11.6 Å². The number of hydrogen-bond acceptors (Lipinski definition) is 6. The van der Waals surface area contributed by atoms with Crippen molar-refractivity contribution in [3.63, 3.8) is 0 Å². The molecular formula is C19H18ClN5O2S.